The van der Waals surface area contributed by atoms with E-state index >= 15 is 0 Å². The molecule has 0 fully saturated rings. The fraction of sp³-hybridized carbons (Fsp3) is 0.783. The highest BCUT2D eigenvalue weighted by Crippen LogP contribution is 2.17. The summed E-state index contributed by atoms with van der Waals surface area (Å²) in [7, 11) is 0. The van der Waals surface area contributed by atoms with E-state index in [1.165, 1.54) is 186 Å². The fourth-order valence-corrected chi connectivity index (χ4v) is 9.34. The summed E-state index contributed by atoms with van der Waals surface area (Å²) in [5.41, 5.74) is 0. The zero-order valence-corrected chi connectivity index (χ0v) is 49.8. The van der Waals surface area contributed by atoms with Gasteiger partial charge in [0.15, 0.2) is 6.10 Å². The Morgan fingerprint density at radius 3 is 0.867 bits per heavy atom. The van der Waals surface area contributed by atoms with Crippen molar-refractivity contribution in [1.82, 2.24) is 0 Å². The Balaban J connectivity index is 4.27. The SMILES string of the molecule is CC/C=C\C/C=C\C/C=C\C/C=C\C/C=C\CCCCCCCCCC(=O)OCC(COC(=O)CCCCCCC/C=C\CCCC)OC(=O)CCCCCCCCCCCCCCCCCCCCCCCCC. The van der Waals surface area contributed by atoms with Gasteiger partial charge in [0.25, 0.3) is 0 Å². The van der Waals surface area contributed by atoms with Crippen LogP contribution >= 0.6 is 0 Å². The van der Waals surface area contributed by atoms with Crippen LogP contribution in [0.3, 0.4) is 0 Å². The number of ether oxygens (including phenoxy) is 3. The number of carbonyl (C=O) groups excluding carboxylic acids is 3. The summed E-state index contributed by atoms with van der Waals surface area (Å²) in [6.07, 6.45) is 82.0. The zero-order valence-electron chi connectivity index (χ0n) is 49.8. The molecule has 0 rings (SSSR count). The van der Waals surface area contributed by atoms with Crippen LogP contribution in [-0.2, 0) is 28.6 Å². The lowest BCUT2D eigenvalue weighted by molar-refractivity contribution is -0.167. The molecule has 0 aromatic heterocycles. The molecule has 0 N–H and O–H groups in total. The molecule has 1 unspecified atom stereocenters. The topological polar surface area (TPSA) is 78.9 Å². The molecule has 6 heteroatoms. The third-order valence-electron chi connectivity index (χ3n) is 14.2. The van der Waals surface area contributed by atoms with Crippen molar-refractivity contribution >= 4 is 17.9 Å². The zero-order chi connectivity index (χ0) is 54.3. The molecule has 0 aliphatic carbocycles. The van der Waals surface area contributed by atoms with Gasteiger partial charge in [0.05, 0.1) is 0 Å². The number of carbonyl (C=O) groups is 3. The number of hydrogen-bond donors (Lipinski definition) is 0. The summed E-state index contributed by atoms with van der Waals surface area (Å²) in [5.74, 6) is -0.885. The van der Waals surface area contributed by atoms with E-state index in [1.54, 1.807) is 0 Å². The van der Waals surface area contributed by atoms with Crippen molar-refractivity contribution in [2.45, 2.75) is 335 Å². The maximum absolute atomic E-state index is 12.9. The lowest BCUT2D eigenvalue weighted by Gasteiger charge is -2.18. The van der Waals surface area contributed by atoms with Crippen LogP contribution in [0.5, 0.6) is 0 Å². The second kappa shape index (κ2) is 63.4. The molecule has 0 aliphatic rings. The van der Waals surface area contributed by atoms with Gasteiger partial charge in [0.2, 0.25) is 0 Å². The summed E-state index contributed by atoms with van der Waals surface area (Å²) >= 11 is 0. The van der Waals surface area contributed by atoms with Gasteiger partial charge in [0.1, 0.15) is 13.2 Å². The standard InChI is InChI=1S/C69H122O6/c1-4-7-10-13-16-19-22-24-26-28-30-32-34-36-38-40-42-44-47-50-53-56-59-62-68(71)74-65-66(64-73-67(70)61-58-55-52-49-46-21-18-15-12-9-6-3)75-69(72)63-60-57-54-51-48-45-43-41-39-37-35-33-31-29-27-25-23-20-17-14-11-8-5-2/h7,10,15-16,18-19,24,26,30,32,36,38,66H,4-6,8-9,11-14,17,20-23,25,27-29,31,33-35,37,39-65H2,1-3H3/b10-7-,18-15-,19-16-,26-24-,32-30-,38-36-. The van der Waals surface area contributed by atoms with Crippen molar-refractivity contribution < 1.29 is 28.6 Å². The first kappa shape index (κ1) is 71.8. The minimum atomic E-state index is -0.782. The molecule has 0 aromatic rings. The van der Waals surface area contributed by atoms with Crippen LogP contribution in [0.2, 0.25) is 0 Å². The summed E-state index contributed by atoms with van der Waals surface area (Å²) in [6, 6.07) is 0. The maximum Gasteiger partial charge on any atom is 0.306 e. The second-order valence-corrected chi connectivity index (χ2v) is 21.6. The highest BCUT2D eigenvalue weighted by Gasteiger charge is 2.19. The van der Waals surface area contributed by atoms with Gasteiger partial charge in [-0.1, -0.05) is 299 Å². The van der Waals surface area contributed by atoms with Crippen molar-refractivity contribution in [2.24, 2.45) is 0 Å². The molecule has 0 heterocycles. The molecule has 75 heavy (non-hydrogen) atoms. The summed E-state index contributed by atoms with van der Waals surface area (Å²) < 4.78 is 16.9. The Kier molecular flexibility index (Phi) is 60.7. The van der Waals surface area contributed by atoms with Gasteiger partial charge in [0, 0.05) is 19.3 Å². The summed E-state index contributed by atoms with van der Waals surface area (Å²) in [4.78, 5) is 38.3. The normalized spacial score (nSPS) is 12.5. The highest BCUT2D eigenvalue weighted by atomic mass is 16.6. The lowest BCUT2D eigenvalue weighted by atomic mass is 10.0. The molecule has 1 atom stereocenters. The smallest absolute Gasteiger partial charge is 0.306 e. The molecular weight excluding hydrogens is 925 g/mol. The van der Waals surface area contributed by atoms with Crippen molar-refractivity contribution in [3.05, 3.63) is 72.9 Å². The van der Waals surface area contributed by atoms with Crippen molar-refractivity contribution in [1.29, 1.82) is 0 Å². The Hall–Kier alpha value is -3.15. The monoisotopic (exact) mass is 1050 g/mol. The van der Waals surface area contributed by atoms with Gasteiger partial charge in [-0.25, -0.2) is 0 Å². The van der Waals surface area contributed by atoms with Gasteiger partial charge >= 0.3 is 17.9 Å². The fourth-order valence-electron chi connectivity index (χ4n) is 9.34. The van der Waals surface area contributed by atoms with Gasteiger partial charge in [-0.2, -0.15) is 0 Å². The molecule has 0 aromatic carbocycles. The maximum atomic E-state index is 12.9. The van der Waals surface area contributed by atoms with E-state index in [9.17, 15) is 14.4 Å². The second-order valence-electron chi connectivity index (χ2n) is 21.6. The first-order chi connectivity index (χ1) is 37.0. The Labute approximate surface area is 465 Å². The van der Waals surface area contributed by atoms with E-state index in [2.05, 4.69) is 93.7 Å². The van der Waals surface area contributed by atoms with Crippen LogP contribution in [0.25, 0.3) is 0 Å². The van der Waals surface area contributed by atoms with Gasteiger partial charge < -0.3 is 14.2 Å². The summed E-state index contributed by atoms with van der Waals surface area (Å²) in [5, 5.41) is 0. The number of hydrogen-bond acceptors (Lipinski definition) is 6. The molecular formula is C69H122O6. The quantitative estimate of drug-likeness (QED) is 0.0261. The van der Waals surface area contributed by atoms with E-state index < -0.39 is 6.10 Å². The number of esters is 3. The van der Waals surface area contributed by atoms with E-state index in [-0.39, 0.29) is 31.1 Å². The van der Waals surface area contributed by atoms with Gasteiger partial charge in [-0.15, -0.1) is 0 Å². The number of rotatable bonds is 59. The molecule has 0 amide bonds. The molecule has 6 nitrogen and oxygen atoms in total. The minimum Gasteiger partial charge on any atom is -0.462 e. The molecule has 0 saturated heterocycles. The van der Waals surface area contributed by atoms with E-state index in [0.29, 0.717) is 19.3 Å². The van der Waals surface area contributed by atoms with E-state index in [4.69, 9.17) is 14.2 Å². The number of unbranched alkanes of at least 4 members (excludes halogenated alkanes) is 36. The first-order valence-electron chi connectivity index (χ1n) is 32.4. The van der Waals surface area contributed by atoms with Gasteiger partial charge in [-0.3, -0.25) is 14.4 Å². The summed E-state index contributed by atoms with van der Waals surface area (Å²) in [6.45, 7) is 6.52. The third-order valence-corrected chi connectivity index (χ3v) is 14.2. The van der Waals surface area contributed by atoms with Crippen LogP contribution < -0.4 is 0 Å². The molecule has 0 spiro atoms. The first-order valence-corrected chi connectivity index (χ1v) is 32.4. The average Bonchev–Trinajstić information content (AvgIpc) is 3.41. The lowest BCUT2D eigenvalue weighted by Crippen LogP contribution is -2.30. The molecule has 0 radical (unpaired) electrons. The van der Waals surface area contributed by atoms with Crippen LogP contribution in [0.15, 0.2) is 72.9 Å². The predicted octanol–water partition coefficient (Wildman–Crippen LogP) is 22.1. The average molecular weight is 1050 g/mol. The molecule has 0 aliphatic heterocycles. The Morgan fingerprint density at radius 1 is 0.280 bits per heavy atom. The van der Waals surface area contributed by atoms with Crippen LogP contribution in [-0.4, -0.2) is 37.2 Å². The largest absolute Gasteiger partial charge is 0.462 e. The Morgan fingerprint density at radius 2 is 0.533 bits per heavy atom. The molecule has 0 bridgehead atoms. The van der Waals surface area contributed by atoms with Crippen LogP contribution in [0, 0.1) is 0 Å². The van der Waals surface area contributed by atoms with Crippen molar-refractivity contribution in [3.8, 4) is 0 Å². The third kappa shape index (κ3) is 61.6. The number of allylic oxidation sites excluding steroid dienone is 12. The highest BCUT2D eigenvalue weighted by molar-refractivity contribution is 5.71. The van der Waals surface area contributed by atoms with E-state index in [0.717, 1.165) is 103 Å². The van der Waals surface area contributed by atoms with Crippen molar-refractivity contribution in [3.63, 3.8) is 0 Å². The Bertz CT molecular complexity index is 1390. The van der Waals surface area contributed by atoms with Crippen LogP contribution in [0.1, 0.15) is 329 Å². The van der Waals surface area contributed by atoms with E-state index in [1.807, 2.05) is 0 Å². The van der Waals surface area contributed by atoms with Crippen LogP contribution in [0.4, 0.5) is 0 Å². The molecule has 434 valence electrons. The molecule has 0 saturated carbocycles. The van der Waals surface area contributed by atoms with Crippen molar-refractivity contribution in [2.75, 3.05) is 13.2 Å². The predicted molar refractivity (Wildman–Crippen MR) is 325 cm³/mol. The van der Waals surface area contributed by atoms with Gasteiger partial charge in [-0.05, 0) is 83.5 Å². The minimum absolute atomic E-state index is 0.0807.